The molecule has 2 unspecified atom stereocenters. The second kappa shape index (κ2) is 6.99. The zero-order valence-corrected chi connectivity index (χ0v) is 10.6. The fraction of sp³-hybridized carbons (Fsp3) is 0.909. The Bertz CT molecular complexity index is 206. The quantitative estimate of drug-likeness (QED) is 0.560. The molecule has 15 heavy (non-hydrogen) atoms. The van der Waals surface area contributed by atoms with Crippen molar-refractivity contribution in [2.45, 2.75) is 50.8 Å². The molecule has 0 spiro atoms. The van der Waals surface area contributed by atoms with Crippen molar-refractivity contribution in [2.24, 2.45) is 10.7 Å². The molecule has 1 fully saturated rings. The van der Waals surface area contributed by atoms with Gasteiger partial charge in [-0.3, -0.25) is 4.99 Å². The summed E-state index contributed by atoms with van der Waals surface area (Å²) in [6.45, 7) is 5.17. The van der Waals surface area contributed by atoms with Crippen LogP contribution in [0, 0.1) is 0 Å². The van der Waals surface area contributed by atoms with Crippen LogP contribution >= 0.6 is 11.8 Å². The normalized spacial score (nSPS) is 26.9. The van der Waals surface area contributed by atoms with E-state index in [1.807, 2.05) is 0 Å². The Morgan fingerprint density at radius 3 is 2.93 bits per heavy atom. The number of rotatable bonds is 5. The Morgan fingerprint density at radius 2 is 2.27 bits per heavy atom. The molecule has 0 aromatic rings. The zero-order valence-electron chi connectivity index (χ0n) is 9.83. The molecule has 3 nitrogen and oxygen atoms in total. The second-order valence-electron chi connectivity index (χ2n) is 4.00. The van der Waals surface area contributed by atoms with Gasteiger partial charge in [-0.2, -0.15) is 11.8 Å². The van der Waals surface area contributed by atoms with E-state index in [9.17, 15) is 0 Å². The molecular weight excluding hydrogens is 206 g/mol. The number of nitrogens with zero attached hydrogens (tertiary/aromatic N) is 1. The van der Waals surface area contributed by atoms with Crippen LogP contribution in [0.15, 0.2) is 4.99 Å². The fourth-order valence-electron chi connectivity index (χ4n) is 1.95. The average Bonchev–Trinajstić information content (AvgIpc) is 2.63. The summed E-state index contributed by atoms with van der Waals surface area (Å²) in [5, 5.41) is 4.14. The maximum atomic E-state index is 5.79. The van der Waals surface area contributed by atoms with E-state index in [0.29, 0.717) is 12.0 Å². The van der Waals surface area contributed by atoms with Gasteiger partial charge in [0.15, 0.2) is 5.96 Å². The molecule has 1 aliphatic rings. The summed E-state index contributed by atoms with van der Waals surface area (Å²) in [6, 6.07) is 0.551. The summed E-state index contributed by atoms with van der Waals surface area (Å²) < 4.78 is 0. The Kier molecular flexibility index (Phi) is 5.91. The SMILES string of the molecule is CCCN=C(N)NC1CCC(SCC)C1. The van der Waals surface area contributed by atoms with Gasteiger partial charge in [0.25, 0.3) is 0 Å². The van der Waals surface area contributed by atoms with Crippen molar-refractivity contribution < 1.29 is 0 Å². The van der Waals surface area contributed by atoms with E-state index in [-0.39, 0.29) is 0 Å². The van der Waals surface area contributed by atoms with Crippen LogP contribution in [0.1, 0.15) is 39.5 Å². The van der Waals surface area contributed by atoms with Gasteiger partial charge in [-0.05, 0) is 31.4 Å². The van der Waals surface area contributed by atoms with Crippen LogP contribution in [0.25, 0.3) is 0 Å². The molecule has 2 atom stereocenters. The highest BCUT2D eigenvalue weighted by atomic mass is 32.2. The topological polar surface area (TPSA) is 50.4 Å². The maximum absolute atomic E-state index is 5.79. The van der Waals surface area contributed by atoms with Crippen LogP contribution in [0.3, 0.4) is 0 Å². The lowest BCUT2D eigenvalue weighted by molar-refractivity contribution is 0.626. The van der Waals surface area contributed by atoms with Crippen molar-refractivity contribution in [3.8, 4) is 0 Å². The van der Waals surface area contributed by atoms with E-state index < -0.39 is 0 Å². The molecular formula is C11H23N3S. The zero-order chi connectivity index (χ0) is 11.1. The third kappa shape index (κ3) is 4.78. The van der Waals surface area contributed by atoms with Crippen LogP contribution in [-0.4, -0.2) is 29.5 Å². The third-order valence-corrected chi connectivity index (χ3v) is 3.88. The number of hydrogen-bond acceptors (Lipinski definition) is 2. The van der Waals surface area contributed by atoms with E-state index in [1.54, 1.807) is 0 Å². The second-order valence-corrected chi connectivity index (χ2v) is 5.58. The molecule has 0 radical (unpaired) electrons. The van der Waals surface area contributed by atoms with E-state index in [0.717, 1.165) is 18.2 Å². The van der Waals surface area contributed by atoms with Gasteiger partial charge in [-0.1, -0.05) is 13.8 Å². The van der Waals surface area contributed by atoms with Gasteiger partial charge >= 0.3 is 0 Å². The summed E-state index contributed by atoms with van der Waals surface area (Å²) in [4.78, 5) is 4.25. The summed E-state index contributed by atoms with van der Waals surface area (Å²) in [7, 11) is 0. The predicted octanol–water partition coefficient (Wildman–Crippen LogP) is 1.97. The molecule has 0 aliphatic heterocycles. The van der Waals surface area contributed by atoms with Gasteiger partial charge in [-0.15, -0.1) is 0 Å². The first-order valence-corrected chi connectivity index (χ1v) is 6.99. The number of nitrogens with one attached hydrogen (secondary N) is 1. The smallest absolute Gasteiger partial charge is 0.188 e. The van der Waals surface area contributed by atoms with E-state index in [2.05, 4.69) is 35.9 Å². The van der Waals surface area contributed by atoms with Gasteiger partial charge in [0.2, 0.25) is 0 Å². The van der Waals surface area contributed by atoms with Crippen molar-refractivity contribution >= 4 is 17.7 Å². The van der Waals surface area contributed by atoms with Crippen LogP contribution < -0.4 is 11.1 Å². The van der Waals surface area contributed by atoms with Crippen LogP contribution in [0.2, 0.25) is 0 Å². The number of hydrogen-bond donors (Lipinski definition) is 2. The van der Waals surface area contributed by atoms with E-state index in [4.69, 9.17) is 5.73 Å². The minimum absolute atomic E-state index is 0.551. The monoisotopic (exact) mass is 229 g/mol. The lowest BCUT2D eigenvalue weighted by Crippen LogP contribution is -2.39. The summed E-state index contributed by atoms with van der Waals surface area (Å²) in [6.07, 6.45) is 4.85. The van der Waals surface area contributed by atoms with Gasteiger partial charge < -0.3 is 11.1 Å². The molecule has 0 amide bonds. The molecule has 1 rings (SSSR count). The molecule has 0 bridgehead atoms. The maximum Gasteiger partial charge on any atom is 0.188 e. The molecule has 0 saturated heterocycles. The van der Waals surface area contributed by atoms with Crippen molar-refractivity contribution in [1.29, 1.82) is 0 Å². The van der Waals surface area contributed by atoms with Gasteiger partial charge in [-0.25, -0.2) is 0 Å². The largest absolute Gasteiger partial charge is 0.370 e. The highest BCUT2D eigenvalue weighted by molar-refractivity contribution is 7.99. The molecule has 0 aromatic heterocycles. The minimum atomic E-state index is 0.551. The van der Waals surface area contributed by atoms with Crippen LogP contribution in [0.5, 0.6) is 0 Å². The summed E-state index contributed by atoms with van der Waals surface area (Å²) in [5.41, 5.74) is 5.79. The number of aliphatic imine (C=N–C) groups is 1. The fourth-order valence-corrected chi connectivity index (χ4v) is 3.09. The van der Waals surface area contributed by atoms with Gasteiger partial charge in [0.05, 0.1) is 0 Å². The van der Waals surface area contributed by atoms with Gasteiger partial charge in [0, 0.05) is 17.8 Å². The van der Waals surface area contributed by atoms with Crippen LogP contribution in [0.4, 0.5) is 0 Å². The first-order valence-electron chi connectivity index (χ1n) is 5.94. The minimum Gasteiger partial charge on any atom is -0.370 e. The van der Waals surface area contributed by atoms with Crippen LogP contribution in [-0.2, 0) is 0 Å². The molecule has 4 heteroatoms. The molecule has 1 aliphatic carbocycles. The van der Waals surface area contributed by atoms with Crippen molar-refractivity contribution in [3.63, 3.8) is 0 Å². The van der Waals surface area contributed by atoms with Crippen molar-refractivity contribution in [1.82, 2.24) is 5.32 Å². The first kappa shape index (κ1) is 12.7. The standard InChI is InChI=1S/C11H23N3S/c1-3-7-13-11(12)14-9-5-6-10(8-9)15-4-2/h9-10H,3-8H2,1-2H3,(H3,12,13,14). The lowest BCUT2D eigenvalue weighted by Gasteiger charge is -2.13. The molecule has 3 N–H and O–H groups in total. The average molecular weight is 229 g/mol. The lowest BCUT2D eigenvalue weighted by atomic mass is 10.2. The predicted molar refractivity (Wildman–Crippen MR) is 69.5 cm³/mol. The molecule has 0 aromatic carbocycles. The van der Waals surface area contributed by atoms with Gasteiger partial charge in [0.1, 0.15) is 0 Å². The van der Waals surface area contributed by atoms with Crippen molar-refractivity contribution in [3.05, 3.63) is 0 Å². The first-order chi connectivity index (χ1) is 7.26. The number of guanidine groups is 1. The Balaban J connectivity index is 2.23. The summed E-state index contributed by atoms with van der Waals surface area (Å²) in [5.74, 6) is 1.85. The Morgan fingerprint density at radius 1 is 1.47 bits per heavy atom. The number of nitrogens with two attached hydrogens (primary N) is 1. The Labute approximate surface area is 97.3 Å². The number of thioether (sulfide) groups is 1. The molecule has 0 heterocycles. The van der Waals surface area contributed by atoms with E-state index >= 15 is 0 Å². The van der Waals surface area contributed by atoms with Crippen molar-refractivity contribution in [2.75, 3.05) is 12.3 Å². The highest BCUT2D eigenvalue weighted by Gasteiger charge is 2.24. The van der Waals surface area contributed by atoms with E-state index in [1.165, 1.54) is 25.0 Å². The Hall–Kier alpha value is -0.380. The molecule has 88 valence electrons. The molecule has 1 saturated carbocycles. The third-order valence-electron chi connectivity index (χ3n) is 2.64. The highest BCUT2D eigenvalue weighted by Crippen LogP contribution is 2.29. The summed E-state index contributed by atoms with van der Waals surface area (Å²) >= 11 is 2.07.